The highest BCUT2D eigenvalue weighted by atomic mass is 32.1. The first-order valence-corrected chi connectivity index (χ1v) is 12.0. The number of thiophene rings is 1. The smallest absolute Gasteiger partial charge is 0.260 e. The predicted molar refractivity (Wildman–Crippen MR) is 124 cm³/mol. The maximum Gasteiger partial charge on any atom is 0.260 e. The molecule has 1 unspecified atom stereocenters. The van der Waals surface area contributed by atoms with E-state index in [1.807, 2.05) is 0 Å². The summed E-state index contributed by atoms with van der Waals surface area (Å²) >= 11 is 1.63. The van der Waals surface area contributed by atoms with Gasteiger partial charge < -0.3 is 9.88 Å². The van der Waals surface area contributed by atoms with Crippen LogP contribution < -0.4 is 5.56 Å². The number of fused-ring (bicyclic) bond motifs is 1. The summed E-state index contributed by atoms with van der Waals surface area (Å²) in [5.74, 6) is 0.803. The molecule has 5 nitrogen and oxygen atoms in total. The zero-order valence-corrected chi connectivity index (χ0v) is 18.7. The van der Waals surface area contributed by atoms with Gasteiger partial charge in [0.05, 0.1) is 11.9 Å². The Balaban J connectivity index is 1.42. The molecule has 1 N–H and O–H groups in total. The number of aryl methyl sites for hydroxylation is 2. The van der Waals surface area contributed by atoms with Gasteiger partial charge in [-0.2, -0.15) is 0 Å². The van der Waals surface area contributed by atoms with Crippen molar-refractivity contribution in [2.24, 2.45) is 0 Å². The van der Waals surface area contributed by atoms with E-state index in [2.05, 4.69) is 52.9 Å². The van der Waals surface area contributed by atoms with Crippen LogP contribution in [0.4, 0.5) is 0 Å². The first-order chi connectivity index (χ1) is 14.6. The van der Waals surface area contributed by atoms with E-state index in [1.165, 1.54) is 44.3 Å². The Morgan fingerprint density at radius 1 is 1.10 bits per heavy atom. The number of nitrogens with one attached hydrogen (secondary N) is 1. The van der Waals surface area contributed by atoms with E-state index in [1.54, 1.807) is 11.3 Å². The van der Waals surface area contributed by atoms with Crippen molar-refractivity contribution in [3.63, 3.8) is 0 Å². The van der Waals surface area contributed by atoms with E-state index >= 15 is 0 Å². The molecule has 6 heteroatoms. The molecule has 1 aromatic carbocycles. The molecule has 0 saturated carbocycles. The van der Waals surface area contributed by atoms with Crippen molar-refractivity contribution in [3.8, 4) is 11.1 Å². The van der Waals surface area contributed by atoms with Crippen LogP contribution in [0.25, 0.3) is 21.3 Å². The number of aromatic nitrogens is 2. The van der Waals surface area contributed by atoms with Gasteiger partial charge >= 0.3 is 0 Å². The van der Waals surface area contributed by atoms with Gasteiger partial charge in [0.15, 0.2) is 0 Å². The lowest BCUT2D eigenvalue weighted by molar-refractivity contribution is 0.182. The fourth-order valence-corrected chi connectivity index (χ4v) is 6.14. The van der Waals surface area contributed by atoms with Gasteiger partial charge in [0.25, 0.3) is 5.56 Å². The van der Waals surface area contributed by atoms with Crippen molar-refractivity contribution in [3.05, 3.63) is 50.9 Å². The fraction of sp³-hybridized carbons (Fsp3) is 0.500. The number of hydrogen-bond acceptors (Lipinski definition) is 5. The van der Waals surface area contributed by atoms with Crippen molar-refractivity contribution >= 4 is 21.6 Å². The van der Waals surface area contributed by atoms with Crippen LogP contribution in [-0.2, 0) is 6.54 Å². The van der Waals surface area contributed by atoms with Crippen molar-refractivity contribution in [2.45, 2.75) is 52.1 Å². The highest BCUT2D eigenvalue weighted by Gasteiger charge is 2.28. The van der Waals surface area contributed by atoms with Gasteiger partial charge in [-0.1, -0.05) is 29.8 Å². The lowest BCUT2D eigenvalue weighted by Gasteiger charge is -2.28. The fourth-order valence-electron chi connectivity index (χ4n) is 5.07. The Labute approximate surface area is 181 Å². The van der Waals surface area contributed by atoms with E-state index in [9.17, 15) is 4.79 Å². The molecule has 5 rings (SSSR count). The minimum absolute atomic E-state index is 0.00906. The zero-order chi connectivity index (χ0) is 20.7. The number of hydrogen-bond donors (Lipinski definition) is 1. The summed E-state index contributed by atoms with van der Waals surface area (Å²) in [7, 11) is 0. The number of aromatic amines is 1. The third-order valence-corrected chi connectivity index (χ3v) is 7.65. The first kappa shape index (κ1) is 19.9. The molecule has 30 heavy (non-hydrogen) atoms. The summed E-state index contributed by atoms with van der Waals surface area (Å²) in [4.78, 5) is 28.2. The lowest BCUT2D eigenvalue weighted by Crippen LogP contribution is -2.39. The number of H-pyrrole nitrogens is 1. The summed E-state index contributed by atoms with van der Waals surface area (Å²) in [5, 5.41) is 0.736. The van der Waals surface area contributed by atoms with E-state index < -0.39 is 0 Å². The monoisotopic (exact) mass is 422 g/mol. The quantitative estimate of drug-likeness (QED) is 0.665. The molecule has 2 aromatic heterocycles. The SMILES string of the molecule is Cc1ccc(-c2c(C)sc3nc(CN4CCCC4CN4CCCC4)[nH]c(=O)c23)cc1. The second kappa shape index (κ2) is 8.25. The van der Waals surface area contributed by atoms with Crippen LogP contribution in [0, 0.1) is 13.8 Å². The molecular weight excluding hydrogens is 392 g/mol. The molecule has 2 aliphatic heterocycles. The maximum absolute atomic E-state index is 13.1. The average molecular weight is 423 g/mol. The molecule has 0 radical (unpaired) electrons. The molecule has 2 saturated heterocycles. The van der Waals surface area contributed by atoms with Crippen LogP contribution >= 0.6 is 11.3 Å². The van der Waals surface area contributed by atoms with Crippen LogP contribution in [0.5, 0.6) is 0 Å². The van der Waals surface area contributed by atoms with Gasteiger partial charge in [-0.05, 0) is 64.7 Å². The van der Waals surface area contributed by atoms with Gasteiger partial charge in [-0.3, -0.25) is 9.69 Å². The number of likely N-dealkylation sites (tertiary alicyclic amines) is 2. The van der Waals surface area contributed by atoms with E-state index in [0.29, 0.717) is 6.04 Å². The standard InChI is InChI=1S/C24H30N4OS/c1-16-7-9-18(10-8-16)21-17(2)30-24-22(21)23(29)25-20(26-24)15-28-13-5-6-19(28)14-27-11-3-4-12-27/h7-10,19H,3-6,11-15H2,1-2H3,(H,25,26,29). The first-order valence-electron chi connectivity index (χ1n) is 11.1. The van der Waals surface area contributed by atoms with Crippen molar-refractivity contribution < 1.29 is 0 Å². The highest BCUT2D eigenvalue weighted by Crippen LogP contribution is 2.35. The van der Waals surface area contributed by atoms with Crippen LogP contribution in [0.1, 0.15) is 41.9 Å². The number of benzene rings is 1. The minimum atomic E-state index is -0.00906. The van der Waals surface area contributed by atoms with Gasteiger partial charge in [0, 0.05) is 23.0 Å². The van der Waals surface area contributed by atoms with E-state index in [-0.39, 0.29) is 5.56 Å². The number of nitrogens with zero attached hydrogens (tertiary/aromatic N) is 3. The summed E-state index contributed by atoms with van der Waals surface area (Å²) in [5.41, 5.74) is 3.34. The summed E-state index contributed by atoms with van der Waals surface area (Å²) in [6.45, 7) is 9.63. The molecule has 3 aromatic rings. The van der Waals surface area contributed by atoms with Crippen molar-refractivity contribution in [1.82, 2.24) is 19.8 Å². The molecule has 1 atom stereocenters. The van der Waals surface area contributed by atoms with Crippen LogP contribution in [0.3, 0.4) is 0 Å². The molecule has 4 heterocycles. The maximum atomic E-state index is 13.1. The molecule has 2 fully saturated rings. The van der Waals surface area contributed by atoms with Crippen molar-refractivity contribution in [1.29, 1.82) is 0 Å². The lowest BCUT2D eigenvalue weighted by atomic mass is 10.0. The van der Waals surface area contributed by atoms with E-state index in [4.69, 9.17) is 4.98 Å². The molecule has 158 valence electrons. The minimum Gasteiger partial charge on any atom is -0.309 e. The average Bonchev–Trinajstić information content (AvgIpc) is 3.44. The third-order valence-electron chi connectivity index (χ3n) is 6.65. The summed E-state index contributed by atoms with van der Waals surface area (Å²) in [6, 6.07) is 8.98. The predicted octanol–water partition coefficient (Wildman–Crippen LogP) is 4.33. The molecule has 0 aliphatic carbocycles. The second-order valence-corrected chi connectivity index (χ2v) is 10.1. The molecule has 0 spiro atoms. The Morgan fingerprint density at radius 3 is 2.63 bits per heavy atom. The molecule has 0 amide bonds. The Morgan fingerprint density at radius 2 is 1.87 bits per heavy atom. The zero-order valence-electron chi connectivity index (χ0n) is 17.9. The Kier molecular flexibility index (Phi) is 5.48. The summed E-state index contributed by atoms with van der Waals surface area (Å²) < 4.78 is 0. The normalized spacial score (nSPS) is 20.5. The van der Waals surface area contributed by atoms with Crippen LogP contribution in [-0.4, -0.2) is 52.0 Å². The second-order valence-electron chi connectivity index (χ2n) is 8.87. The van der Waals surface area contributed by atoms with Crippen LogP contribution in [0.15, 0.2) is 29.1 Å². The Bertz CT molecular complexity index is 1090. The number of rotatable bonds is 5. The van der Waals surface area contributed by atoms with E-state index in [0.717, 1.165) is 51.7 Å². The summed E-state index contributed by atoms with van der Waals surface area (Å²) in [6.07, 6.45) is 5.15. The highest BCUT2D eigenvalue weighted by molar-refractivity contribution is 7.19. The van der Waals surface area contributed by atoms with Gasteiger partial charge in [-0.25, -0.2) is 4.98 Å². The van der Waals surface area contributed by atoms with Gasteiger partial charge in [0.2, 0.25) is 0 Å². The Hall–Kier alpha value is -2.02. The largest absolute Gasteiger partial charge is 0.309 e. The molecule has 2 aliphatic rings. The molecular formula is C24H30N4OS. The van der Waals surface area contributed by atoms with Gasteiger partial charge in [0.1, 0.15) is 10.7 Å². The van der Waals surface area contributed by atoms with Gasteiger partial charge in [-0.15, -0.1) is 11.3 Å². The van der Waals surface area contributed by atoms with Crippen molar-refractivity contribution in [2.75, 3.05) is 26.2 Å². The topological polar surface area (TPSA) is 52.2 Å². The third kappa shape index (κ3) is 3.84. The van der Waals surface area contributed by atoms with Crippen LogP contribution in [0.2, 0.25) is 0 Å². The molecule has 0 bridgehead atoms.